The molecule has 1 aliphatic heterocycles. The van der Waals surface area contributed by atoms with Gasteiger partial charge in [0, 0.05) is 17.9 Å². The SMILES string of the molecule is CC(=O)c1cc(-c2nc([C@H]3CCOC3)no2)cs1. The Kier molecular flexibility index (Phi) is 2.97. The van der Waals surface area contributed by atoms with E-state index in [4.69, 9.17) is 9.26 Å². The third-order valence-corrected chi connectivity index (χ3v) is 3.96. The number of hydrogen-bond acceptors (Lipinski definition) is 6. The normalized spacial score (nSPS) is 19.3. The molecule has 0 aromatic carbocycles. The van der Waals surface area contributed by atoms with Gasteiger partial charge in [-0.1, -0.05) is 5.16 Å². The molecule has 1 saturated heterocycles. The second-order valence-corrected chi connectivity index (χ2v) is 5.19. The van der Waals surface area contributed by atoms with Gasteiger partial charge in [0.25, 0.3) is 5.89 Å². The molecule has 1 aliphatic rings. The molecule has 1 atom stereocenters. The average molecular weight is 264 g/mol. The minimum absolute atomic E-state index is 0.0511. The van der Waals surface area contributed by atoms with E-state index in [1.807, 2.05) is 5.38 Å². The van der Waals surface area contributed by atoms with E-state index in [1.54, 1.807) is 13.0 Å². The van der Waals surface area contributed by atoms with Crippen LogP contribution in [0.2, 0.25) is 0 Å². The molecule has 5 nitrogen and oxygen atoms in total. The van der Waals surface area contributed by atoms with Crippen LogP contribution in [0.15, 0.2) is 16.0 Å². The molecular weight excluding hydrogens is 252 g/mol. The second kappa shape index (κ2) is 4.62. The number of Topliss-reactive ketones (excluding diaryl/α,β-unsaturated/α-hetero) is 1. The van der Waals surface area contributed by atoms with Gasteiger partial charge < -0.3 is 9.26 Å². The molecule has 0 unspecified atom stereocenters. The lowest BCUT2D eigenvalue weighted by Gasteiger charge is -1.97. The number of thiophene rings is 1. The Morgan fingerprint density at radius 1 is 1.56 bits per heavy atom. The van der Waals surface area contributed by atoms with E-state index in [0.717, 1.165) is 18.6 Å². The minimum Gasteiger partial charge on any atom is -0.381 e. The molecule has 0 spiro atoms. The zero-order chi connectivity index (χ0) is 12.5. The van der Waals surface area contributed by atoms with Crippen LogP contribution in [0.25, 0.3) is 11.5 Å². The summed E-state index contributed by atoms with van der Waals surface area (Å²) in [5.41, 5.74) is 0.808. The van der Waals surface area contributed by atoms with Crippen LogP contribution in [0.5, 0.6) is 0 Å². The summed E-state index contributed by atoms with van der Waals surface area (Å²) in [4.78, 5) is 16.3. The standard InChI is InChI=1S/C12H12N2O3S/c1-7(15)10-4-9(6-18-10)12-13-11(14-17-12)8-2-3-16-5-8/h4,6,8H,2-3,5H2,1H3/t8-/m0/s1. The average Bonchev–Trinajstić information content (AvgIpc) is 3.10. The molecule has 1 fully saturated rings. The molecule has 2 aromatic heterocycles. The molecule has 0 saturated carbocycles. The molecule has 3 rings (SSSR count). The highest BCUT2D eigenvalue weighted by Crippen LogP contribution is 2.28. The fourth-order valence-electron chi connectivity index (χ4n) is 1.89. The predicted octanol–water partition coefficient (Wildman–Crippen LogP) is 2.50. The van der Waals surface area contributed by atoms with Crippen molar-refractivity contribution in [3.05, 3.63) is 22.1 Å². The minimum atomic E-state index is 0.0511. The maximum Gasteiger partial charge on any atom is 0.258 e. The second-order valence-electron chi connectivity index (χ2n) is 4.27. The molecule has 0 bridgehead atoms. The molecule has 3 heterocycles. The van der Waals surface area contributed by atoms with Crippen molar-refractivity contribution in [3.63, 3.8) is 0 Å². The molecule has 0 radical (unpaired) electrons. The van der Waals surface area contributed by atoms with Crippen LogP contribution >= 0.6 is 11.3 Å². The molecule has 94 valence electrons. The summed E-state index contributed by atoms with van der Waals surface area (Å²) in [6, 6.07) is 1.79. The van der Waals surface area contributed by atoms with Crippen molar-refractivity contribution in [3.8, 4) is 11.5 Å². The van der Waals surface area contributed by atoms with E-state index in [2.05, 4.69) is 10.1 Å². The topological polar surface area (TPSA) is 65.2 Å². The lowest BCUT2D eigenvalue weighted by Crippen LogP contribution is -1.99. The number of aromatic nitrogens is 2. The van der Waals surface area contributed by atoms with Crippen molar-refractivity contribution in [2.24, 2.45) is 0 Å². The third kappa shape index (κ3) is 2.09. The maximum atomic E-state index is 11.2. The Balaban J connectivity index is 1.85. The quantitative estimate of drug-likeness (QED) is 0.797. The van der Waals surface area contributed by atoms with E-state index < -0.39 is 0 Å². The van der Waals surface area contributed by atoms with Gasteiger partial charge >= 0.3 is 0 Å². The van der Waals surface area contributed by atoms with Gasteiger partial charge in [-0.3, -0.25) is 4.79 Å². The first-order valence-corrected chi connectivity index (χ1v) is 6.63. The summed E-state index contributed by atoms with van der Waals surface area (Å²) in [7, 11) is 0. The smallest absolute Gasteiger partial charge is 0.258 e. The van der Waals surface area contributed by atoms with Gasteiger partial charge in [-0.2, -0.15) is 4.98 Å². The van der Waals surface area contributed by atoms with Crippen molar-refractivity contribution in [2.45, 2.75) is 19.3 Å². The Morgan fingerprint density at radius 3 is 3.11 bits per heavy atom. The van der Waals surface area contributed by atoms with Crippen molar-refractivity contribution >= 4 is 17.1 Å². The molecule has 18 heavy (non-hydrogen) atoms. The maximum absolute atomic E-state index is 11.2. The largest absolute Gasteiger partial charge is 0.381 e. The van der Waals surface area contributed by atoms with Crippen LogP contribution in [-0.4, -0.2) is 29.1 Å². The Hall–Kier alpha value is -1.53. The number of carbonyl (C=O) groups excluding carboxylic acids is 1. The van der Waals surface area contributed by atoms with Crippen molar-refractivity contribution in [1.82, 2.24) is 10.1 Å². The molecular formula is C12H12N2O3S. The van der Waals surface area contributed by atoms with Gasteiger partial charge in [-0.25, -0.2) is 0 Å². The summed E-state index contributed by atoms with van der Waals surface area (Å²) in [5, 5.41) is 5.84. The predicted molar refractivity (Wildman–Crippen MR) is 65.8 cm³/mol. The van der Waals surface area contributed by atoms with Crippen LogP contribution in [-0.2, 0) is 4.74 Å². The molecule has 0 aliphatic carbocycles. The zero-order valence-corrected chi connectivity index (χ0v) is 10.7. The summed E-state index contributed by atoms with van der Waals surface area (Å²) < 4.78 is 10.5. The van der Waals surface area contributed by atoms with E-state index in [1.165, 1.54) is 11.3 Å². The number of nitrogens with zero attached hydrogens (tertiary/aromatic N) is 2. The van der Waals surface area contributed by atoms with Gasteiger partial charge in [0.05, 0.1) is 17.0 Å². The van der Waals surface area contributed by atoms with Crippen molar-refractivity contribution < 1.29 is 14.1 Å². The molecule has 6 heteroatoms. The van der Waals surface area contributed by atoms with Crippen LogP contribution in [0.3, 0.4) is 0 Å². The van der Waals surface area contributed by atoms with E-state index in [9.17, 15) is 4.79 Å². The highest BCUT2D eigenvalue weighted by Gasteiger charge is 2.23. The summed E-state index contributed by atoms with van der Waals surface area (Å²) in [5.74, 6) is 1.45. The number of hydrogen-bond donors (Lipinski definition) is 0. The highest BCUT2D eigenvalue weighted by atomic mass is 32.1. The number of ketones is 1. The first-order chi connectivity index (χ1) is 8.74. The lowest BCUT2D eigenvalue weighted by molar-refractivity contribution is 0.102. The van der Waals surface area contributed by atoms with Crippen LogP contribution < -0.4 is 0 Å². The number of ether oxygens (including phenoxy) is 1. The van der Waals surface area contributed by atoms with E-state index in [-0.39, 0.29) is 11.7 Å². The Morgan fingerprint density at radius 2 is 2.44 bits per heavy atom. The van der Waals surface area contributed by atoms with Crippen molar-refractivity contribution in [2.75, 3.05) is 13.2 Å². The Labute approximate surface area is 108 Å². The molecule has 2 aromatic rings. The van der Waals surface area contributed by atoms with Gasteiger partial charge in [-0.05, 0) is 19.4 Å². The first-order valence-electron chi connectivity index (χ1n) is 5.75. The molecule has 0 amide bonds. The summed E-state index contributed by atoms with van der Waals surface area (Å²) >= 11 is 1.39. The number of rotatable bonds is 3. The van der Waals surface area contributed by atoms with Crippen molar-refractivity contribution in [1.29, 1.82) is 0 Å². The fourth-order valence-corrected chi connectivity index (χ4v) is 2.67. The zero-order valence-electron chi connectivity index (χ0n) is 9.88. The first kappa shape index (κ1) is 11.6. The fraction of sp³-hybridized carbons (Fsp3) is 0.417. The van der Waals surface area contributed by atoms with Gasteiger partial charge in [-0.15, -0.1) is 11.3 Å². The summed E-state index contributed by atoms with van der Waals surface area (Å²) in [6.45, 7) is 2.95. The number of carbonyl (C=O) groups is 1. The lowest BCUT2D eigenvalue weighted by atomic mass is 10.1. The van der Waals surface area contributed by atoms with Gasteiger partial charge in [0.2, 0.25) is 0 Å². The third-order valence-electron chi connectivity index (χ3n) is 2.93. The van der Waals surface area contributed by atoms with Gasteiger partial charge in [0.1, 0.15) is 0 Å². The van der Waals surface area contributed by atoms with E-state index >= 15 is 0 Å². The van der Waals surface area contributed by atoms with Crippen LogP contribution in [0.4, 0.5) is 0 Å². The van der Waals surface area contributed by atoms with E-state index in [0.29, 0.717) is 23.2 Å². The monoisotopic (exact) mass is 264 g/mol. The molecule has 0 N–H and O–H groups in total. The Bertz CT molecular complexity index is 569. The van der Waals surface area contributed by atoms with Crippen LogP contribution in [0, 0.1) is 0 Å². The van der Waals surface area contributed by atoms with Gasteiger partial charge in [0.15, 0.2) is 11.6 Å². The highest BCUT2D eigenvalue weighted by molar-refractivity contribution is 7.12. The van der Waals surface area contributed by atoms with Crippen LogP contribution in [0.1, 0.15) is 34.8 Å². The summed E-state index contributed by atoms with van der Waals surface area (Å²) in [6.07, 6.45) is 0.932.